The van der Waals surface area contributed by atoms with Gasteiger partial charge in [0.25, 0.3) is 16.0 Å². The van der Waals surface area contributed by atoms with E-state index in [1.54, 1.807) is 13.0 Å². The van der Waals surface area contributed by atoms with Gasteiger partial charge in [-0.2, -0.15) is 13.4 Å². The maximum Gasteiger partial charge on any atom is 0.280 e. The fourth-order valence-corrected chi connectivity index (χ4v) is 2.95. The van der Waals surface area contributed by atoms with Crippen LogP contribution in [-0.2, 0) is 20.0 Å². The number of benzene rings is 1. The largest absolute Gasteiger partial charge is 0.370 e. The van der Waals surface area contributed by atoms with Crippen molar-refractivity contribution in [2.45, 2.75) is 31.6 Å². The van der Waals surface area contributed by atoms with Gasteiger partial charge in [-0.05, 0) is 30.0 Å². The van der Waals surface area contributed by atoms with Crippen LogP contribution in [0.4, 0.5) is 0 Å². The van der Waals surface area contributed by atoms with Gasteiger partial charge in [-0.3, -0.25) is 9.35 Å². The number of hydrogen-bond donors (Lipinski definition) is 3. The number of aliphatic imine (C=N–C) groups is 1. The maximum atomic E-state index is 11.9. The number of carbonyl (C=O) groups excluding carboxylic acids is 1. The Labute approximate surface area is 147 Å². The van der Waals surface area contributed by atoms with Crippen LogP contribution in [0.1, 0.15) is 41.3 Å². The SMILES string of the molecule is CS(=O)(=O)O.Cc1cc(C(C)C)c(S(C)(=O)=O)cc1C(=O)N=C(N)N. The average Bonchev–Trinajstić information content (AvgIpc) is 2.33. The van der Waals surface area contributed by atoms with Crippen LogP contribution < -0.4 is 11.5 Å². The minimum atomic E-state index is -3.67. The molecule has 0 spiro atoms. The quantitative estimate of drug-likeness (QED) is 0.377. The average molecular weight is 393 g/mol. The van der Waals surface area contributed by atoms with Gasteiger partial charge >= 0.3 is 0 Å². The fourth-order valence-electron chi connectivity index (χ4n) is 1.89. The fraction of sp³-hybridized carbons (Fsp3) is 0.429. The van der Waals surface area contributed by atoms with Gasteiger partial charge in [0.2, 0.25) is 0 Å². The normalized spacial score (nSPS) is 11.5. The predicted molar refractivity (Wildman–Crippen MR) is 96.0 cm³/mol. The lowest BCUT2D eigenvalue weighted by Crippen LogP contribution is -2.24. The molecule has 0 atom stereocenters. The van der Waals surface area contributed by atoms with Crippen LogP contribution in [-0.4, -0.2) is 45.8 Å². The van der Waals surface area contributed by atoms with Crippen LogP contribution in [0.15, 0.2) is 22.0 Å². The first-order chi connectivity index (χ1) is 11.0. The van der Waals surface area contributed by atoms with Gasteiger partial charge in [-0.25, -0.2) is 8.42 Å². The van der Waals surface area contributed by atoms with E-state index in [0.29, 0.717) is 17.4 Å². The molecular formula is C14H23N3O6S2. The Bertz CT molecular complexity index is 875. The number of carbonyl (C=O) groups is 1. The topological polar surface area (TPSA) is 170 Å². The molecule has 142 valence electrons. The summed E-state index contributed by atoms with van der Waals surface area (Å²) in [5.41, 5.74) is 11.8. The van der Waals surface area contributed by atoms with Crippen molar-refractivity contribution in [3.8, 4) is 0 Å². The minimum absolute atomic E-state index is 0.0191. The zero-order valence-corrected chi connectivity index (χ0v) is 16.3. The molecule has 1 aromatic carbocycles. The Hall–Kier alpha value is -1.98. The number of nitrogens with zero attached hydrogens (tertiary/aromatic N) is 1. The Kier molecular flexibility index (Phi) is 7.74. The van der Waals surface area contributed by atoms with Crippen molar-refractivity contribution < 1.29 is 26.2 Å². The summed E-state index contributed by atoms with van der Waals surface area (Å²) < 4.78 is 49.6. The Morgan fingerprint density at radius 2 is 1.56 bits per heavy atom. The summed E-state index contributed by atoms with van der Waals surface area (Å²) in [6.45, 7) is 5.50. The molecule has 0 heterocycles. The molecule has 5 N–H and O–H groups in total. The summed E-state index contributed by atoms with van der Waals surface area (Å²) in [6.07, 6.45) is 1.82. The van der Waals surface area contributed by atoms with Crippen molar-refractivity contribution in [2.75, 3.05) is 12.5 Å². The van der Waals surface area contributed by atoms with Gasteiger partial charge in [-0.15, -0.1) is 0 Å². The van der Waals surface area contributed by atoms with Crippen LogP contribution in [0, 0.1) is 6.92 Å². The number of aryl methyl sites for hydroxylation is 1. The van der Waals surface area contributed by atoms with Crippen molar-refractivity contribution in [2.24, 2.45) is 16.5 Å². The molecule has 9 nitrogen and oxygen atoms in total. The molecule has 0 aliphatic heterocycles. The molecule has 0 saturated carbocycles. The van der Waals surface area contributed by atoms with Crippen molar-refractivity contribution in [1.82, 2.24) is 0 Å². The molecule has 1 rings (SSSR count). The van der Waals surface area contributed by atoms with Gasteiger partial charge in [0.1, 0.15) is 0 Å². The third-order valence-electron chi connectivity index (χ3n) is 2.84. The molecular weight excluding hydrogens is 370 g/mol. The van der Waals surface area contributed by atoms with Crippen molar-refractivity contribution in [1.29, 1.82) is 0 Å². The lowest BCUT2D eigenvalue weighted by Gasteiger charge is -2.14. The number of nitrogens with two attached hydrogens (primary N) is 2. The number of rotatable bonds is 3. The molecule has 0 saturated heterocycles. The van der Waals surface area contributed by atoms with E-state index in [4.69, 9.17) is 16.0 Å². The van der Waals surface area contributed by atoms with E-state index in [0.717, 1.165) is 6.26 Å². The summed E-state index contributed by atoms with van der Waals surface area (Å²) in [4.78, 5) is 15.5. The second-order valence-electron chi connectivity index (χ2n) is 5.71. The highest BCUT2D eigenvalue weighted by Gasteiger charge is 2.20. The van der Waals surface area contributed by atoms with E-state index in [1.165, 1.54) is 6.07 Å². The molecule has 0 aliphatic rings. The second kappa shape index (κ2) is 8.41. The molecule has 0 aromatic heterocycles. The predicted octanol–water partition coefficient (Wildman–Crippen LogP) is 0.440. The smallest absolute Gasteiger partial charge is 0.280 e. The van der Waals surface area contributed by atoms with Gasteiger partial charge in [0.15, 0.2) is 15.8 Å². The lowest BCUT2D eigenvalue weighted by molar-refractivity contribution is 0.100. The van der Waals surface area contributed by atoms with Crippen LogP contribution in [0.2, 0.25) is 0 Å². The first kappa shape index (κ1) is 23.0. The number of sulfone groups is 1. The summed E-state index contributed by atoms with van der Waals surface area (Å²) in [7, 11) is -7.11. The lowest BCUT2D eigenvalue weighted by atomic mass is 9.97. The van der Waals surface area contributed by atoms with Gasteiger partial charge in [0.05, 0.1) is 11.2 Å². The molecule has 0 bridgehead atoms. The summed E-state index contributed by atoms with van der Waals surface area (Å²) in [6, 6.07) is 3.03. The van der Waals surface area contributed by atoms with Crippen LogP contribution in [0.3, 0.4) is 0 Å². The van der Waals surface area contributed by atoms with Crippen LogP contribution in [0.5, 0.6) is 0 Å². The second-order valence-corrected chi connectivity index (χ2v) is 9.16. The third kappa shape index (κ3) is 8.61. The monoisotopic (exact) mass is 393 g/mol. The molecule has 0 fully saturated rings. The van der Waals surface area contributed by atoms with E-state index in [1.807, 2.05) is 13.8 Å². The Morgan fingerprint density at radius 3 is 1.88 bits per heavy atom. The number of guanidine groups is 1. The van der Waals surface area contributed by atoms with Gasteiger partial charge in [-0.1, -0.05) is 19.9 Å². The molecule has 1 aromatic rings. The van der Waals surface area contributed by atoms with Crippen molar-refractivity contribution >= 4 is 31.8 Å². The van der Waals surface area contributed by atoms with Crippen LogP contribution in [0.25, 0.3) is 0 Å². The summed E-state index contributed by atoms with van der Waals surface area (Å²) in [5.74, 6) is -0.989. The Balaban J connectivity index is 0.00000101. The zero-order valence-electron chi connectivity index (χ0n) is 14.6. The van der Waals surface area contributed by atoms with Gasteiger partial charge in [0, 0.05) is 11.8 Å². The summed E-state index contributed by atoms with van der Waals surface area (Å²) in [5, 5.41) is 0. The Morgan fingerprint density at radius 1 is 1.12 bits per heavy atom. The molecule has 0 radical (unpaired) electrons. The van der Waals surface area contributed by atoms with E-state index in [-0.39, 0.29) is 22.3 Å². The first-order valence-electron chi connectivity index (χ1n) is 6.95. The highest BCUT2D eigenvalue weighted by molar-refractivity contribution is 7.90. The van der Waals surface area contributed by atoms with E-state index >= 15 is 0 Å². The first-order valence-corrected chi connectivity index (χ1v) is 10.7. The minimum Gasteiger partial charge on any atom is -0.370 e. The number of hydrogen-bond acceptors (Lipinski definition) is 5. The third-order valence-corrected chi connectivity index (χ3v) is 3.99. The summed E-state index contributed by atoms with van der Waals surface area (Å²) >= 11 is 0. The zero-order chi connectivity index (χ0) is 20.2. The van der Waals surface area contributed by atoms with E-state index in [2.05, 4.69) is 4.99 Å². The van der Waals surface area contributed by atoms with Crippen molar-refractivity contribution in [3.63, 3.8) is 0 Å². The van der Waals surface area contributed by atoms with E-state index in [9.17, 15) is 21.6 Å². The highest BCUT2D eigenvalue weighted by atomic mass is 32.2. The molecule has 0 aliphatic carbocycles. The molecule has 25 heavy (non-hydrogen) atoms. The van der Waals surface area contributed by atoms with Crippen LogP contribution >= 0.6 is 0 Å². The number of amides is 1. The maximum absolute atomic E-state index is 11.9. The molecule has 0 unspecified atom stereocenters. The molecule has 1 amide bonds. The standard InChI is InChI=1S/C13H19N3O3S.CH4O3S/c1-7(2)9-5-8(3)10(12(17)16-13(14)15)6-11(9)20(4,18)19;1-5(2,3)4/h5-7H,1-4H3,(H4,14,15,16,17);1H3,(H,2,3,4). The van der Waals surface area contributed by atoms with Gasteiger partial charge < -0.3 is 11.5 Å². The van der Waals surface area contributed by atoms with E-state index < -0.39 is 25.9 Å². The highest BCUT2D eigenvalue weighted by Crippen LogP contribution is 2.27. The van der Waals surface area contributed by atoms with Crippen molar-refractivity contribution in [3.05, 3.63) is 28.8 Å². The molecule has 11 heteroatoms.